The van der Waals surface area contributed by atoms with Gasteiger partial charge in [0.15, 0.2) is 22.8 Å². The van der Waals surface area contributed by atoms with Gasteiger partial charge in [-0.2, -0.15) is 0 Å². The molecular formula is C40H43BrN4O8S2. The predicted molar refractivity (Wildman–Crippen MR) is 221 cm³/mol. The summed E-state index contributed by atoms with van der Waals surface area (Å²) in [5.41, 5.74) is 4.76. The Hall–Kier alpha value is -5.38. The lowest BCUT2D eigenvalue weighted by molar-refractivity contribution is 0.402. The second-order valence-corrected chi connectivity index (χ2v) is 15.9. The van der Waals surface area contributed by atoms with Crippen molar-refractivity contribution in [3.63, 3.8) is 0 Å². The largest absolute Gasteiger partial charge is 0.495 e. The molecule has 0 radical (unpaired) electrons. The van der Waals surface area contributed by atoms with E-state index in [0.717, 1.165) is 26.7 Å². The third kappa shape index (κ3) is 9.30. The van der Waals surface area contributed by atoms with E-state index in [0.29, 0.717) is 34.8 Å². The Kier molecular flexibility index (Phi) is 13.7. The summed E-state index contributed by atoms with van der Waals surface area (Å²) < 4.78 is 78.4. The van der Waals surface area contributed by atoms with Gasteiger partial charge in [-0.05, 0) is 89.7 Å². The monoisotopic (exact) mass is 850 g/mol. The van der Waals surface area contributed by atoms with Crippen molar-refractivity contribution in [1.82, 2.24) is 10.3 Å². The summed E-state index contributed by atoms with van der Waals surface area (Å²) >= 11 is 3.33. The fourth-order valence-corrected chi connectivity index (χ4v) is 8.28. The Morgan fingerprint density at radius 1 is 0.600 bits per heavy atom. The maximum absolute atomic E-state index is 13.0. The second kappa shape index (κ2) is 17.8. The van der Waals surface area contributed by atoms with Crippen molar-refractivity contribution in [2.75, 3.05) is 23.7 Å². The Balaban J connectivity index is 0.000000240. The number of halogens is 1. The molecule has 0 spiro atoms. The highest BCUT2D eigenvalue weighted by Gasteiger charge is 2.24. The maximum atomic E-state index is 13.0. The highest BCUT2D eigenvalue weighted by molar-refractivity contribution is 9.10. The Morgan fingerprint density at radius 2 is 1.07 bits per heavy atom. The number of anilines is 2. The van der Waals surface area contributed by atoms with Gasteiger partial charge in [-0.1, -0.05) is 103 Å². The number of ether oxygens (including phenoxy) is 2. The van der Waals surface area contributed by atoms with Crippen molar-refractivity contribution in [2.45, 2.75) is 51.3 Å². The number of hydrogen-bond acceptors (Lipinski definition) is 10. The summed E-state index contributed by atoms with van der Waals surface area (Å²) in [5.74, 6) is 0.828. The van der Waals surface area contributed by atoms with Gasteiger partial charge in [-0.3, -0.25) is 9.44 Å². The standard InChI is InChI=1S/C22H20N2O4S.C16H15BrN2O4S.2CH4/c1-3-15-9-12-19(27-2)21(13-15)29(25,26)24-22-18-11-10-17(14-20(18)28-23-22)16-7-5-4-6-8-16;1-3-10-4-7-13(22-2)15(8-10)24(20,21)19-16-12-6-5-11(17)9-14(12)23-18-16;;/h4-14H,3H2,1-2H3,(H,23,24);4-9H,3H2,1-2H3,(H,18,19);2*1H4. The Labute approximate surface area is 330 Å². The van der Waals surface area contributed by atoms with Crippen molar-refractivity contribution in [1.29, 1.82) is 0 Å². The molecule has 15 heteroatoms. The molecule has 0 saturated heterocycles. The molecule has 0 aliphatic heterocycles. The van der Waals surface area contributed by atoms with E-state index in [9.17, 15) is 16.8 Å². The number of aromatic nitrogens is 2. The zero-order valence-corrected chi connectivity index (χ0v) is 32.3. The van der Waals surface area contributed by atoms with E-state index >= 15 is 0 Å². The summed E-state index contributed by atoms with van der Waals surface area (Å²) in [7, 11) is -4.90. The lowest BCUT2D eigenvalue weighted by atomic mass is 10.0. The average molecular weight is 852 g/mol. The van der Waals surface area contributed by atoms with Crippen LogP contribution in [0.1, 0.15) is 39.8 Å². The van der Waals surface area contributed by atoms with E-state index in [4.69, 9.17) is 18.5 Å². The molecular weight excluding hydrogens is 808 g/mol. The lowest BCUT2D eigenvalue weighted by Gasteiger charge is -2.11. The molecule has 0 amide bonds. The van der Waals surface area contributed by atoms with E-state index in [2.05, 4.69) is 35.7 Å². The van der Waals surface area contributed by atoms with Crippen molar-refractivity contribution in [3.8, 4) is 22.6 Å². The van der Waals surface area contributed by atoms with Crippen LogP contribution in [0.4, 0.5) is 11.6 Å². The second-order valence-electron chi connectivity index (χ2n) is 11.7. The van der Waals surface area contributed by atoms with E-state index in [-0.39, 0.29) is 47.8 Å². The molecule has 2 heterocycles. The molecule has 0 atom stereocenters. The molecule has 0 aliphatic rings. The first kappa shape index (κ1) is 42.4. The number of hydrogen-bond donors (Lipinski definition) is 2. The van der Waals surface area contributed by atoms with Gasteiger partial charge >= 0.3 is 0 Å². The van der Waals surface area contributed by atoms with Gasteiger partial charge in [0.2, 0.25) is 0 Å². The molecule has 0 bridgehead atoms. The minimum absolute atomic E-state index is 0. The summed E-state index contributed by atoms with van der Waals surface area (Å²) in [6, 6.07) is 30.8. The van der Waals surface area contributed by atoms with Crippen LogP contribution in [0.15, 0.2) is 126 Å². The zero-order valence-electron chi connectivity index (χ0n) is 29.1. The summed E-state index contributed by atoms with van der Waals surface area (Å²) in [6.07, 6.45) is 1.43. The first-order valence-electron chi connectivity index (χ1n) is 16.4. The average Bonchev–Trinajstić information content (AvgIpc) is 3.76. The Bertz CT molecular complexity index is 2630. The summed E-state index contributed by atoms with van der Waals surface area (Å²) in [5, 5.41) is 8.91. The number of methoxy groups -OCH3 is 2. The lowest BCUT2D eigenvalue weighted by Crippen LogP contribution is -2.15. The number of rotatable bonds is 11. The van der Waals surface area contributed by atoms with Crippen LogP contribution in [-0.4, -0.2) is 41.4 Å². The van der Waals surface area contributed by atoms with Gasteiger partial charge in [-0.15, -0.1) is 0 Å². The molecule has 0 aliphatic carbocycles. The molecule has 12 nitrogen and oxygen atoms in total. The maximum Gasteiger partial charge on any atom is 0.266 e. The fourth-order valence-electron chi connectivity index (χ4n) is 5.47. The van der Waals surface area contributed by atoms with Crippen molar-refractivity contribution in [3.05, 3.63) is 119 Å². The fraction of sp³-hybridized carbons (Fsp3) is 0.200. The number of aryl methyl sites for hydroxylation is 2. The van der Waals surface area contributed by atoms with Crippen LogP contribution >= 0.6 is 15.9 Å². The minimum Gasteiger partial charge on any atom is -0.495 e. The van der Waals surface area contributed by atoms with Crippen molar-refractivity contribution in [2.24, 2.45) is 0 Å². The minimum atomic E-state index is -3.91. The highest BCUT2D eigenvalue weighted by atomic mass is 79.9. The SMILES string of the molecule is C.C.CCc1ccc(OC)c(S(=O)(=O)Nc2noc3cc(-c4ccccc4)ccc23)c1.CCc1ccc(OC)c(S(=O)(=O)Nc2noc3cc(Br)ccc23)c1. The van der Waals surface area contributed by atoms with Crippen molar-refractivity contribution >= 4 is 69.6 Å². The van der Waals surface area contributed by atoms with Gasteiger partial charge in [0, 0.05) is 4.47 Å². The highest BCUT2D eigenvalue weighted by Crippen LogP contribution is 2.33. The van der Waals surface area contributed by atoms with Crippen LogP contribution in [0.2, 0.25) is 0 Å². The molecule has 55 heavy (non-hydrogen) atoms. The van der Waals surface area contributed by atoms with Crippen LogP contribution in [0, 0.1) is 0 Å². The van der Waals surface area contributed by atoms with E-state index in [1.807, 2.05) is 68.4 Å². The molecule has 5 aromatic carbocycles. The molecule has 290 valence electrons. The number of fused-ring (bicyclic) bond motifs is 2. The van der Waals surface area contributed by atoms with E-state index in [1.165, 1.54) is 14.2 Å². The topological polar surface area (TPSA) is 163 Å². The van der Waals surface area contributed by atoms with Gasteiger partial charge in [0.05, 0.1) is 25.0 Å². The van der Waals surface area contributed by atoms with Gasteiger partial charge < -0.3 is 18.5 Å². The number of nitrogens with one attached hydrogen (secondary N) is 2. The number of nitrogens with zero attached hydrogens (tertiary/aromatic N) is 2. The van der Waals surface area contributed by atoms with Crippen LogP contribution in [-0.2, 0) is 32.9 Å². The van der Waals surface area contributed by atoms with Crippen LogP contribution < -0.4 is 18.9 Å². The zero-order chi connectivity index (χ0) is 37.8. The molecule has 2 aromatic heterocycles. The smallest absolute Gasteiger partial charge is 0.266 e. The third-order valence-corrected chi connectivity index (χ3v) is 11.5. The summed E-state index contributed by atoms with van der Waals surface area (Å²) in [4.78, 5) is 0.133. The van der Waals surface area contributed by atoms with Crippen molar-refractivity contribution < 1.29 is 35.4 Å². The van der Waals surface area contributed by atoms with Crippen LogP contribution in [0.25, 0.3) is 33.1 Å². The van der Waals surface area contributed by atoms with E-state index in [1.54, 1.807) is 48.5 Å². The normalized spacial score (nSPS) is 11.1. The van der Waals surface area contributed by atoms with E-state index < -0.39 is 20.0 Å². The van der Waals surface area contributed by atoms with Gasteiger partial charge in [0.25, 0.3) is 20.0 Å². The first-order valence-corrected chi connectivity index (χ1v) is 20.1. The third-order valence-electron chi connectivity index (χ3n) is 8.33. The van der Waals surface area contributed by atoms with Gasteiger partial charge in [-0.25, -0.2) is 16.8 Å². The van der Waals surface area contributed by atoms with Gasteiger partial charge in [0.1, 0.15) is 21.3 Å². The molecule has 7 aromatic rings. The van der Waals surface area contributed by atoms with Crippen LogP contribution in [0.5, 0.6) is 11.5 Å². The number of benzene rings is 5. The summed E-state index contributed by atoms with van der Waals surface area (Å²) in [6.45, 7) is 3.91. The molecule has 0 saturated carbocycles. The molecule has 2 N–H and O–H groups in total. The quantitative estimate of drug-likeness (QED) is 0.128. The first-order chi connectivity index (χ1) is 25.5. The van der Waals surface area contributed by atoms with Crippen LogP contribution in [0.3, 0.4) is 0 Å². The number of sulfonamides is 2. The molecule has 0 unspecified atom stereocenters. The molecule has 7 rings (SSSR count). The molecule has 0 fully saturated rings. The Morgan fingerprint density at radius 3 is 1.55 bits per heavy atom. The predicted octanol–water partition coefficient (Wildman–Crippen LogP) is 10.1.